The number of carbonyl (C=O) groups excluding carboxylic acids is 2. The van der Waals surface area contributed by atoms with Gasteiger partial charge in [0.15, 0.2) is 0 Å². The predicted octanol–water partition coefficient (Wildman–Crippen LogP) is -0.650. The van der Waals surface area contributed by atoms with Crippen molar-refractivity contribution in [3.63, 3.8) is 0 Å². The molecule has 0 heterocycles. The van der Waals surface area contributed by atoms with Crippen LogP contribution >= 0.6 is 0 Å². The third-order valence-electron chi connectivity index (χ3n) is 1.67. The minimum Gasteiger partial charge on any atom is -0.481 e. The summed E-state index contributed by atoms with van der Waals surface area (Å²) in [5.41, 5.74) is 0. The van der Waals surface area contributed by atoms with Crippen molar-refractivity contribution in [2.75, 3.05) is 13.1 Å². The van der Waals surface area contributed by atoms with Gasteiger partial charge in [0.25, 0.3) is 0 Å². The lowest BCUT2D eigenvalue weighted by molar-refractivity contribution is -0.138. The molecule has 0 aliphatic heterocycles. The van der Waals surface area contributed by atoms with Gasteiger partial charge in [0.2, 0.25) is 11.8 Å². The largest absolute Gasteiger partial charge is 0.481 e. The van der Waals surface area contributed by atoms with E-state index in [2.05, 4.69) is 10.6 Å². The summed E-state index contributed by atoms with van der Waals surface area (Å²) < 4.78 is 0. The van der Waals surface area contributed by atoms with E-state index in [0.29, 0.717) is 6.54 Å². The minimum atomic E-state index is -0.890. The molecule has 2 amide bonds. The molecule has 6 nitrogen and oxygen atoms in total. The summed E-state index contributed by atoms with van der Waals surface area (Å²) in [6.07, 6.45) is 0.0143. The Morgan fingerprint density at radius 3 is 2.33 bits per heavy atom. The fourth-order valence-corrected chi connectivity index (χ4v) is 0.926. The van der Waals surface area contributed by atoms with Crippen LogP contribution in [0.4, 0.5) is 0 Å². The Labute approximate surface area is 88.0 Å². The van der Waals surface area contributed by atoms with Crippen LogP contribution in [0.5, 0.6) is 0 Å². The fraction of sp³-hybridized carbons (Fsp3) is 0.667. The summed E-state index contributed by atoms with van der Waals surface area (Å²) in [6.45, 7) is 3.27. The maximum Gasteiger partial charge on any atom is 0.303 e. The Balaban J connectivity index is 3.61. The lowest BCUT2D eigenvalue weighted by Gasteiger charge is -2.10. The zero-order valence-corrected chi connectivity index (χ0v) is 8.87. The number of rotatable bonds is 6. The number of amides is 2. The van der Waals surface area contributed by atoms with Crippen molar-refractivity contribution in [3.8, 4) is 0 Å². The second kappa shape index (κ2) is 6.80. The van der Waals surface area contributed by atoms with Gasteiger partial charge >= 0.3 is 5.97 Å². The average Bonchev–Trinajstić information content (AvgIpc) is 2.10. The van der Waals surface area contributed by atoms with E-state index in [9.17, 15) is 14.4 Å². The third kappa shape index (κ3) is 8.73. The van der Waals surface area contributed by atoms with E-state index in [1.807, 2.05) is 0 Å². The number of carbonyl (C=O) groups is 3. The van der Waals surface area contributed by atoms with Crippen molar-refractivity contribution in [2.45, 2.75) is 20.3 Å². The van der Waals surface area contributed by atoms with Crippen LogP contribution in [0.2, 0.25) is 0 Å². The molecule has 0 bridgehead atoms. The molecule has 0 aromatic rings. The van der Waals surface area contributed by atoms with Crippen molar-refractivity contribution < 1.29 is 19.5 Å². The molecular formula is C9H16N2O4. The molecule has 0 spiro atoms. The minimum absolute atomic E-state index is 0.0143. The van der Waals surface area contributed by atoms with Gasteiger partial charge < -0.3 is 15.7 Å². The van der Waals surface area contributed by atoms with Gasteiger partial charge in [-0.05, 0) is 5.92 Å². The molecule has 1 atom stereocenters. The first-order valence-electron chi connectivity index (χ1n) is 4.64. The van der Waals surface area contributed by atoms with E-state index < -0.39 is 5.97 Å². The van der Waals surface area contributed by atoms with E-state index in [1.165, 1.54) is 6.92 Å². The van der Waals surface area contributed by atoms with E-state index >= 15 is 0 Å². The fourth-order valence-electron chi connectivity index (χ4n) is 0.926. The highest BCUT2D eigenvalue weighted by atomic mass is 16.4. The van der Waals surface area contributed by atoms with Gasteiger partial charge in [-0.1, -0.05) is 6.92 Å². The highest BCUT2D eigenvalue weighted by molar-refractivity contribution is 5.83. The molecule has 0 radical (unpaired) electrons. The monoisotopic (exact) mass is 216 g/mol. The maximum atomic E-state index is 11.1. The molecule has 0 aliphatic rings. The number of aliphatic carboxylic acids is 1. The summed E-state index contributed by atoms with van der Waals surface area (Å²) in [4.78, 5) is 31.8. The molecule has 0 aromatic carbocycles. The highest BCUT2D eigenvalue weighted by Crippen LogP contribution is 1.98. The number of carboxylic acids is 1. The molecule has 1 unspecified atom stereocenters. The molecule has 0 saturated heterocycles. The summed E-state index contributed by atoms with van der Waals surface area (Å²) in [5, 5.41) is 13.3. The Kier molecular flexibility index (Phi) is 6.08. The smallest absolute Gasteiger partial charge is 0.303 e. The van der Waals surface area contributed by atoms with Crippen molar-refractivity contribution in [1.29, 1.82) is 0 Å². The quantitative estimate of drug-likeness (QED) is 0.549. The van der Waals surface area contributed by atoms with Crippen LogP contribution in [-0.2, 0) is 14.4 Å². The first-order chi connectivity index (χ1) is 6.91. The lowest BCUT2D eigenvalue weighted by Crippen LogP contribution is -2.38. The van der Waals surface area contributed by atoms with Crippen LogP contribution in [0.3, 0.4) is 0 Å². The van der Waals surface area contributed by atoms with Gasteiger partial charge in [0.05, 0.1) is 6.54 Å². The SMILES string of the molecule is CC(=O)NCC(=O)NCC(C)CC(=O)O. The first kappa shape index (κ1) is 13.4. The topological polar surface area (TPSA) is 95.5 Å². The van der Waals surface area contributed by atoms with Crippen molar-refractivity contribution in [3.05, 3.63) is 0 Å². The van der Waals surface area contributed by atoms with E-state index in [4.69, 9.17) is 5.11 Å². The summed E-state index contributed by atoms with van der Waals surface area (Å²) in [5.74, 6) is -1.60. The highest BCUT2D eigenvalue weighted by Gasteiger charge is 2.09. The molecule has 0 aliphatic carbocycles. The maximum absolute atomic E-state index is 11.1. The molecule has 0 fully saturated rings. The van der Waals surface area contributed by atoms with Crippen molar-refractivity contribution in [2.24, 2.45) is 5.92 Å². The molecular weight excluding hydrogens is 200 g/mol. The Morgan fingerprint density at radius 2 is 1.87 bits per heavy atom. The number of hydrogen-bond acceptors (Lipinski definition) is 3. The number of nitrogens with one attached hydrogen (secondary N) is 2. The van der Waals surface area contributed by atoms with E-state index in [1.54, 1.807) is 6.92 Å². The normalized spacial score (nSPS) is 11.6. The van der Waals surface area contributed by atoms with Crippen molar-refractivity contribution in [1.82, 2.24) is 10.6 Å². The van der Waals surface area contributed by atoms with Crippen molar-refractivity contribution >= 4 is 17.8 Å². The van der Waals surface area contributed by atoms with Gasteiger partial charge in [0.1, 0.15) is 0 Å². The molecule has 0 saturated carbocycles. The van der Waals surface area contributed by atoms with Crippen LogP contribution in [-0.4, -0.2) is 36.0 Å². The van der Waals surface area contributed by atoms with Crippen LogP contribution in [0.25, 0.3) is 0 Å². The van der Waals surface area contributed by atoms with Crippen LogP contribution in [0.15, 0.2) is 0 Å². The van der Waals surface area contributed by atoms with Gasteiger partial charge in [-0.2, -0.15) is 0 Å². The summed E-state index contributed by atoms with van der Waals surface area (Å²) in [6, 6.07) is 0. The van der Waals surface area contributed by atoms with Crippen LogP contribution in [0.1, 0.15) is 20.3 Å². The zero-order chi connectivity index (χ0) is 11.8. The molecule has 6 heteroatoms. The molecule has 3 N–H and O–H groups in total. The first-order valence-corrected chi connectivity index (χ1v) is 4.64. The standard InChI is InChI=1S/C9H16N2O4/c1-6(3-9(14)15)4-11-8(13)5-10-7(2)12/h6H,3-5H2,1-2H3,(H,10,12)(H,11,13)(H,14,15). The van der Waals surface area contributed by atoms with Crippen LogP contribution < -0.4 is 10.6 Å². The Bertz CT molecular complexity index is 252. The number of hydrogen-bond donors (Lipinski definition) is 3. The van der Waals surface area contributed by atoms with Crippen LogP contribution in [0, 0.1) is 5.92 Å². The van der Waals surface area contributed by atoms with E-state index in [-0.39, 0.29) is 30.7 Å². The Morgan fingerprint density at radius 1 is 1.27 bits per heavy atom. The van der Waals surface area contributed by atoms with E-state index in [0.717, 1.165) is 0 Å². The zero-order valence-electron chi connectivity index (χ0n) is 8.87. The summed E-state index contributed by atoms with van der Waals surface area (Å²) in [7, 11) is 0. The predicted molar refractivity (Wildman–Crippen MR) is 53.1 cm³/mol. The van der Waals surface area contributed by atoms with Gasteiger partial charge in [-0.25, -0.2) is 0 Å². The molecule has 86 valence electrons. The second-order valence-electron chi connectivity index (χ2n) is 3.42. The van der Waals surface area contributed by atoms with Gasteiger partial charge in [-0.3, -0.25) is 14.4 Å². The van der Waals surface area contributed by atoms with Gasteiger partial charge in [-0.15, -0.1) is 0 Å². The average molecular weight is 216 g/mol. The Hall–Kier alpha value is -1.59. The second-order valence-corrected chi connectivity index (χ2v) is 3.42. The molecule has 15 heavy (non-hydrogen) atoms. The lowest BCUT2D eigenvalue weighted by atomic mass is 10.1. The summed E-state index contributed by atoms with van der Waals surface area (Å²) >= 11 is 0. The third-order valence-corrected chi connectivity index (χ3v) is 1.67. The van der Waals surface area contributed by atoms with Gasteiger partial charge in [0, 0.05) is 19.9 Å². The number of carboxylic acid groups (broad SMARTS) is 1. The molecule has 0 aromatic heterocycles. The molecule has 0 rings (SSSR count).